The lowest BCUT2D eigenvalue weighted by atomic mass is 10.1. The minimum atomic E-state index is 0.196. The van der Waals surface area contributed by atoms with Crippen molar-refractivity contribution in [2.45, 2.75) is 58.5 Å². The Labute approximate surface area is 94.2 Å². The second-order valence-electron chi connectivity index (χ2n) is 4.45. The van der Waals surface area contributed by atoms with Crippen LogP contribution in [0.4, 0.5) is 0 Å². The molecule has 0 aromatic carbocycles. The third-order valence-electron chi connectivity index (χ3n) is 2.63. The summed E-state index contributed by atoms with van der Waals surface area (Å²) < 4.78 is 0. The summed E-state index contributed by atoms with van der Waals surface area (Å²) in [6, 6.07) is 0.830. The van der Waals surface area contributed by atoms with Gasteiger partial charge in [0.2, 0.25) is 5.91 Å². The van der Waals surface area contributed by atoms with Gasteiger partial charge in [-0.25, -0.2) is 0 Å². The molecule has 0 aliphatic carbocycles. The van der Waals surface area contributed by atoms with Gasteiger partial charge in [-0.05, 0) is 19.8 Å². The molecule has 0 radical (unpaired) electrons. The van der Waals surface area contributed by atoms with Crippen LogP contribution in [-0.2, 0) is 4.79 Å². The standard InChI is InChI=1S/C12H26N2O/c1-6-8-11(7-2)13-10(3)9-12(15)14(4)5/h10-11,13H,6-9H2,1-5H3. The van der Waals surface area contributed by atoms with Crippen LogP contribution in [0.1, 0.15) is 46.5 Å². The smallest absolute Gasteiger partial charge is 0.223 e. The molecular weight excluding hydrogens is 188 g/mol. The average molecular weight is 214 g/mol. The van der Waals surface area contributed by atoms with Crippen LogP contribution in [-0.4, -0.2) is 37.0 Å². The van der Waals surface area contributed by atoms with E-state index in [1.54, 1.807) is 19.0 Å². The molecule has 0 aromatic heterocycles. The van der Waals surface area contributed by atoms with Gasteiger partial charge in [0, 0.05) is 32.6 Å². The summed E-state index contributed by atoms with van der Waals surface area (Å²) in [6.45, 7) is 6.47. The van der Waals surface area contributed by atoms with Crippen LogP contribution in [0.2, 0.25) is 0 Å². The van der Waals surface area contributed by atoms with Crippen molar-refractivity contribution >= 4 is 5.91 Å². The van der Waals surface area contributed by atoms with Crippen molar-refractivity contribution < 1.29 is 4.79 Å². The molecule has 0 saturated heterocycles. The van der Waals surface area contributed by atoms with Gasteiger partial charge in [0.1, 0.15) is 0 Å². The Kier molecular flexibility index (Phi) is 7.39. The molecule has 0 aliphatic rings. The summed E-state index contributed by atoms with van der Waals surface area (Å²) in [7, 11) is 3.61. The number of hydrogen-bond donors (Lipinski definition) is 1. The highest BCUT2D eigenvalue weighted by atomic mass is 16.2. The maximum atomic E-state index is 11.5. The maximum absolute atomic E-state index is 11.5. The van der Waals surface area contributed by atoms with Crippen molar-refractivity contribution in [1.29, 1.82) is 0 Å². The van der Waals surface area contributed by atoms with Gasteiger partial charge in [-0.2, -0.15) is 0 Å². The first-order valence-corrected chi connectivity index (χ1v) is 5.97. The van der Waals surface area contributed by atoms with E-state index in [0.717, 1.165) is 6.42 Å². The van der Waals surface area contributed by atoms with E-state index >= 15 is 0 Å². The highest BCUT2D eigenvalue weighted by molar-refractivity contribution is 5.76. The van der Waals surface area contributed by atoms with Gasteiger partial charge in [0.25, 0.3) is 0 Å². The van der Waals surface area contributed by atoms with Crippen molar-refractivity contribution in [2.75, 3.05) is 14.1 Å². The van der Waals surface area contributed by atoms with Crippen molar-refractivity contribution in [3.8, 4) is 0 Å². The number of carbonyl (C=O) groups is 1. The summed E-state index contributed by atoms with van der Waals surface area (Å²) in [5, 5.41) is 3.51. The van der Waals surface area contributed by atoms with Gasteiger partial charge in [-0.3, -0.25) is 4.79 Å². The molecule has 0 aliphatic heterocycles. The van der Waals surface area contributed by atoms with Crippen LogP contribution in [0.5, 0.6) is 0 Å². The van der Waals surface area contributed by atoms with Gasteiger partial charge >= 0.3 is 0 Å². The quantitative estimate of drug-likeness (QED) is 0.703. The van der Waals surface area contributed by atoms with E-state index in [-0.39, 0.29) is 11.9 Å². The Morgan fingerprint density at radius 1 is 1.33 bits per heavy atom. The second kappa shape index (κ2) is 7.69. The molecule has 1 N–H and O–H groups in total. The molecule has 1 amide bonds. The van der Waals surface area contributed by atoms with E-state index in [0.29, 0.717) is 12.5 Å². The van der Waals surface area contributed by atoms with Crippen molar-refractivity contribution in [3.05, 3.63) is 0 Å². The monoisotopic (exact) mass is 214 g/mol. The molecular formula is C12H26N2O. The Morgan fingerprint density at radius 2 is 1.93 bits per heavy atom. The summed E-state index contributed by atoms with van der Waals surface area (Å²) >= 11 is 0. The molecule has 0 aromatic rings. The van der Waals surface area contributed by atoms with Crippen molar-refractivity contribution in [3.63, 3.8) is 0 Å². The second-order valence-corrected chi connectivity index (χ2v) is 4.45. The van der Waals surface area contributed by atoms with Crippen LogP contribution >= 0.6 is 0 Å². The number of carbonyl (C=O) groups excluding carboxylic acids is 1. The lowest BCUT2D eigenvalue weighted by molar-refractivity contribution is -0.129. The van der Waals surface area contributed by atoms with Crippen LogP contribution < -0.4 is 5.32 Å². The first-order chi connectivity index (χ1) is 7.01. The molecule has 0 heterocycles. The fraction of sp³-hybridized carbons (Fsp3) is 0.917. The minimum absolute atomic E-state index is 0.196. The predicted octanol–water partition coefficient (Wildman–Crippen LogP) is 2.02. The molecule has 0 spiro atoms. The van der Waals surface area contributed by atoms with Crippen LogP contribution in [0.3, 0.4) is 0 Å². The van der Waals surface area contributed by atoms with Crippen molar-refractivity contribution in [1.82, 2.24) is 10.2 Å². The van der Waals surface area contributed by atoms with Gasteiger partial charge < -0.3 is 10.2 Å². The zero-order valence-corrected chi connectivity index (χ0v) is 10.8. The molecule has 0 saturated carbocycles. The summed E-state index contributed by atoms with van der Waals surface area (Å²) in [6.07, 6.45) is 4.11. The molecule has 90 valence electrons. The molecule has 3 nitrogen and oxygen atoms in total. The normalized spacial score (nSPS) is 14.7. The highest BCUT2D eigenvalue weighted by Gasteiger charge is 2.13. The van der Waals surface area contributed by atoms with Gasteiger partial charge in [-0.15, -0.1) is 0 Å². The van der Waals surface area contributed by atoms with Gasteiger partial charge in [0.15, 0.2) is 0 Å². The van der Waals surface area contributed by atoms with Crippen LogP contribution in [0.15, 0.2) is 0 Å². The number of amides is 1. The van der Waals surface area contributed by atoms with Crippen molar-refractivity contribution in [2.24, 2.45) is 0 Å². The molecule has 2 atom stereocenters. The van der Waals surface area contributed by atoms with Crippen LogP contribution in [0.25, 0.3) is 0 Å². The van der Waals surface area contributed by atoms with E-state index in [4.69, 9.17) is 0 Å². The third-order valence-corrected chi connectivity index (χ3v) is 2.63. The topological polar surface area (TPSA) is 32.3 Å². The lowest BCUT2D eigenvalue weighted by Crippen LogP contribution is -2.39. The van der Waals surface area contributed by atoms with Crippen LogP contribution in [0, 0.1) is 0 Å². The molecule has 3 heteroatoms. The SMILES string of the molecule is CCCC(CC)NC(C)CC(=O)N(C)C. The lowest BCUT2D eigenvalue weighted by Gasteiger charge is -2.22. The van der Waals surface area contributed by atoms with E-state index < -0.39 is 0 Å². The summed E-state index contributed by atoms with van der Waals surface area (Å²) in [4.78, 5) is 13.1. The van der Waals surface area contributed by atoms with E-state index in [1.807, 2.05) is 0 Å². The maximum Gasteiger partial charge on any atom is 0.223 e. The Bertz CT molecular complexity index is 180. The first-order valence-electron chi connectivity index (χ1n) is 5.97. The molecule has 0 bridgehead atoms. The number of rotatable bonds is 7. The minimum Gasteiger partial charge on any atom is -0.349 e. The predicted molar refractivity (Wildman–Crippen MR) is 64.9 cm³/mol. The zero-order valence-electron chi connectivity index (χ0n) is 10.8. The Hall–Kier alpha value is -0.570. The van der Waals surface area contributed by atoms with E-state index in [2.05, 4.69) is 26.1 Å². The average Bonchev–Trinajstić information content (AvgIpc) is 2.16. The van der Waals surface area contributed by atoms with E-state index in [1.165, 1.54) is 12.8 Å². The largest absolute Gasteiger partial charge is 0.349 e. The third kappa shape index (κ3) is 6.50. The van der Waals surface area contributed by atoms with Gasteiger partial charge in [0.05, 0.1) is 0 Å². The molecule has 0 rings (SSSR count). The molecule has 2 unspecified atom stereocenters. The zero-order chi connectivity index (χ0) is 11.8. The number of hydrogen-bond acceptors (Lipinski definition) is 2. The van der Waals surface area contributed by atoms with E-state index in [9.17, 15) is 4.79 Å². The fourth-order valence-corrected chi connectivity index (χ4v) is 1.66. The first kappa shape index (κ1) is 14.4. The number of nitrogens with one attached hydrogen (secondary N) is 1. The Morgan fingerprint density at radius 3 is 2.33 bits per heavy atom. The molecule has 15 heavy (non-hydrogen) atoms. The fourth-order valence-electron chi connectivity index (χ4n) is 1.66. The highest BCUT2D eigenvalue weighted by Crippen LogP contribution is 2.04. The van der Waals surface area contributed by atoms with Gasteiger partial charge in [-0.1, -0.05) is 20.3 Å². The summed E-state index contributed by atoms with van der Waals surface area (Å²) in [5.74, 6) is 0.196. The summed E-state index contributed by atoms with van der Waals surface area (Å²) in [5.41, 5.74) is 0. The Balaban J connectivity index is 3.89. The molecule has 0 fully saturated rings. The number of nitrogens with zero attached hydrogens (tertiary/aromatic N) is 1.